The lowest BCUT2D eigenvalue weighted by Gasteiger charge is -2.44. The fourth-order valence-electron chi connectivity index (χ4n) is 5.37. The number of nitrogens with one attached hydrogen (secondary N) is 1. The minimum absolute atomic E-state index is 0.0382. The standard InChI is InChI=1S/C25H30N2O2/c1-17-5-2-3-7-21(17)20-10-9-18-6-4-8-23(22(18)15-20)26-25(28)29-24-16-27-13-11-19(24)12-14-27/h2-3,5,7,9-10,15,19,23-24H,4,6,8,11-14,16H2,1H3,(H,26,28)/t23?,24-/m0/s1. The van der Waals surface area contributed by atoms with E-state index in [4.69, 9.17) is 4.74 Å². The van der Waals surface area contributed by atoms with E-state index in [0.29, 0.717) is 5.92 Å². The van der Waals surface area contributed by atoms with Gasteiger partial charge in [0.15, 0.2) is 0 Å². The lowest BCUT2D eigenvalue weighted by molar-refractivity contribution is -0.0340. The molecule has 29 heavy (non-hydrogen) atoms. The number of alkyl carbamates (subject to hydrolysis) is 1. The summed E-state index contributed by atoms with van der Waals surface area (Å²) in [6, 6.07) is 15.3. The Morgan fingerprint density at radius 2 is 1.93 bits per heavy atom. The highest BCUT2D eigenvalue weighted by molar-refractivity contribution is 5.71. The van der Waals surface area contributed by atoms with E-state index < -0.39 is 0 Å². The van der Waals surface area contributed by atoms with Gasteiger partial charge in [0.05, 0.1) is 6.04 Å². The van der Waals surface area contributed by atoms with E-state index in [-0.39, 0.29) is 18.2 Å². The summed E-state index contributed by atoms with van der Waals surface area (Å²) >= 11 is 0. The molecular weight excluding hydrogens is 360 g/mol. The molecule has 2 aromatic carbocycles. The number of benzene rings is 2. The number of carbonyl (C=O) groups excluding carboxylic acids is 1. The molecule has 4 nitrogen and oxygen atoms in total. The molecule has 1 aliphatic carbocycles. The zero-order valence-corrected chi connectivity index (χ0v) is 17.2. The quantitative estimate of drug-likeness (QED) is 0.814. The van der Waals surface area contributed by atoms with Crippen LogP contribution in [-0.2, 0) is 11.2 Å². The highest BCUT2D eigenvalue weighted by Gasteiger charge is 2.37. The molecule has 3 saturated heterocycles. The maximum absolute atomic E-state index is 12.7. The van der Waals surface area contributed by atoms with E-state index in [1.54, 1.807) is 0 Å². The molecule has 3 heterocycles. The van der Waals surface area contributed by atoms with Crippen molar-refractivity contribution in [3.05, 3.63) is 59.2 Å². The first-order valence-electron chi connectivity index (χ1n) is 11.1. The molecule has 0 saturated carbocycles. The summed E-state index contributed by atoms with van der Waals surface area (Å²) in [5, 5.41) is 3.20. The summed E-state index contributed by atoms with van der Waals surface area (Å²) in [5.74, 6) is 0.539. The van der Waals surface area contributed by atoms with Crippen LogP contribution in [-0.4, -0.2) is 36.7 Å². The van der Waals surface area contributed by atoms with Gasteiger partial charge in [-0.05, 0) is 91.9 Å². The minimum atomic E-state index is -0.247. The second kappa shape index (κ2) is 7.83. The Kier molecular flexibility index (Phi) is 5.04. The molecule has 0 aromatic heterocycles. The van der Waals surface area contributed by atoms with Crippen molar-refractivity contribution < 1.29 is 9.53 Å². The molecule has 3 fully saturated rings. The smallest absolute Gasteiger partial charge is 0.407 e. The third-order valence-corrected chi connectivity index (χ3v) is 7.06. The third-order valence-electron chi connectivity index (χ3n) is 7.06. The summed E-state index contributed by atoms with van der Waals surface area (Å²) in [5.41, 5.74) is 6.36. The lowest BCUT2D eigenvalue weighted by atomic mass is 9.85. The highest BCUT2D eigenvalue weighted by atomic mass is 16.6. The number of carbonyl (C=O) groups is 1. The van der Waals surface area contributed by atoms with Gasteiger partial charge in [-0.2, -0.15) is 0 Å². The fraction of sp³-hybridized carbons (Fsp3) is 0.480. The number of ether oxygens (including phenoxy) is 1. The summed E-state index contributed by atoms with van der Waals surface area (Å²) in [7, 11) is 0. The number of hydrogen-bond donors (Lipinski definition) is 1. The average Bonchev–Trinajstić information content (AvgIpc) is 2.75. The topological polar surface area (TPSA) is 41.6 Å². The van der Waals surface area contributed by atoms with Crippen LogP contribution in [0.5, 0.6) is 0 Å². The molecule has 0 spiro atoms. The van der Waals surface area contributed by atoms with Crippen LogP contribution in [0.25, 0.3) is 11.1 Å². The normalized spacial score (nSPS) is 27.9. The first kappa shape index (κ1) is 18.7. The Balaban J connectivity index is 1.33. The Morgan fingerprint density at radius 3 is 2.69 bits per heavy atom. The summed E-state index contributed by atoms with van der Waals surface area (Å²) < 4.78 is 5.89. The molecule has 2 atom stereocenters. The molecule has 1 amide bonds. The number of fused-ring (bicyclic) bond motifs is 4. The molecule has 4 aliphatic rings. The van der Waals surface area contributed by atoms with E-state index in [1.165, 1.54) is 27.8 Å². The van der Waals surface area contributed by atoms with Gasteiger partial charge in [0.1, 0.15) is 6.10 Å². The maximum Gasteiger partial charge on any atom is 0.407 e. The Bertz CT molecular complexity index is 901. The van der Waals surface area contributed by atoms with Crippen molar-refractivity contribution in [1.82, 2.24) is 10.2 Å². The second-order valence-electron chi connectivity index (χ2n) is 8.90. The molecule has 4 heteroatoms. The van der Waals surface area contributed by atoms with Gasteiger partial charge in [0.25, 0.3) is 0 Å². The largest absolute Gasteiger partial charge is 0.445 e. The van der Waals surface area contributed by atoms with Crippen LogP contribution in [0, 0.1) is 12.8 Å². The lowest BCUT2D eigenvalue weighted by Crippen LogP contribution is -2.52. The molecule has 152 valence electrons. The molecular formula is C25H30N2O2. The van der Waals surface area contributed by atoms with Crippen molar-refractivity contribution in [2.75, 3.05) is 19.6 Å². The van der Waals surface area contributed by atoms with Crippen LogP contribution < -0.4 is 5.32 Å². The Morgan fingerprint density at radius 1 is 1.10 bits per heavy atom. The van der Waals surface area contributed by atoms with E-state index in [0.717, 1.165) is 51.7 Å². The Hall–Kier alpha value is -2.33. The maximum atomic E-state index is 12.7. The summed E-state index contributed by atoms with van der Waals surface area (Å²) in [6.45, 7) is 5.36. The number of amides is 1. The van der Waals surface area contributed by atoms with Gasteiger partial charge in [0, 0.05) is 6.54 Å². The zero-order valence-electron chi connectivity index (χ0n) is 17.2. The van der Waals surface area contributed by atoms with E-state index in [1.807, 2.05) is 0 Å². The SMILES string of the molecule is Cc1ccccc1-c1ccc2c(c1)C(NC(=O)O[C@H]1CN3CCC1CC3)CCC2. The van der Waals surface area contributed by atoms with Crippen LogP contribution in [0.3, 0.4) is 0 Å². The zero-order chi connectivity index (χ0) is 19.8. The van der Waals surface area contributed by atoms with Gasteiger partial charge >= 0.3 is 6.09 Å². The minimum Gasteiger partial charge on any atom is -0.445 e. The van der Waals surface area contributed by atoms with E-state index >= 15 is 0 Å². The van der Waals surface area contributed by atoms with Gasteiger partial charge in [-0.3, -0.25) is 4.90 Å². The molecule has 1 unspecified atom stereocenters. The summed E-state index contributed by atoms with van der Waals surface area (Å²) in [4.78, 5) is 15.1. The third kappa shape index (κ3) is 3.78. The molecule has 3 aliphatic heterocycles. The van der Waals surface area contributed by atoms with Gasteiger partial charge in [-0.25, -0.2) is 4.79 Å². The molecule has 2 bridgehead atoms. The number of hydrogen-bond acceptors (Lipinski definition) is 3. The first-order valence-corrected chi connectivity index (χ1v) is 11.1. The van der Waals surface area contributed by atoms with Crippen molar-refractivity contribution in [1.29, 1.82) is 0 Å². The molecule has 6 rings (SSSR count). The van der Waals surface area contributed by atoms with Gasteiger partial charge < -0.3 is 10.1 Å². The van der Waals surface area contributed by atoms with Crippen LogP contribution >= 0.6 is 0 Å². The Labute approximate surface area is 173 Å². The van der Waals surface area contributed by atoms with Crippen molar-refractivity contribution in [2.45, 2.75) is 51.2 Å². The number of rotatable bonds is 3. The van der Waals surface area contributed by atoms with Crippen LogP contribution in [0.1, 0.15) is 48.4 Å². The van der Waals surface area contributed by atoms with Crippen LogP contribution in [0.15, 0.2) is 42.5 Å². The average molecular weight is 391 g/mol. The summed E-state index contributed by atoms with van der Waals surface area (Å²) in [6.07, 6.45) is 5.27. The number of nitrogens with zero attached hydrogens (tertiary/aromatic N) is 1. The molecule has 1 N–H and O–H groups in total. The van der Waals surface area contributed by atoms with Gasteiger partial charge in [0.2, 0.25) is 0 Å². The number of aryl methyl sites for hydroxylation is 2. The second-order valence-corrected chi connectivity index (χ2v) is 8.90. The molecule has 0 radical (unpaired) electrons. The number of piperidine rings is 3. The van der Waals surface area contributed by atoms with Gasteiger partial charge in [-0.15, -0.1) is 0 Å². The van der Waals surface area contributed by atoms with Crippen molar-refractivity contribution in [3.8, 4) is 11.1 Å². The van der Waals surface area contributed by atoms with E-state index in [9.17, 15) is 4.79 Å². The van der Waals surface area contributed by atoms with Crippen LogP contribution in [0.2, 0.25) is 0 Å². The molecule has 2 aromatic rings. The van der Waals surface area contributed by atoms with E-state index in [2.05, 4.69) is 59.6 Å². The first-order chi connectivity index (χ1) is 14.2. The predicted molar refractivity (Wildman–Crippen MR) is 115 cm³/mol. The van der Waals surface area contributed by atoms with Gasteiger partial charge in [-0.1, -0.05) is 36.4 Å². The van der Waals surface area contributed by atoms with Crippen molar-refractivity contribution in [2.24, 2.45) is 5.92 Å². The van der Waals surface area contributed by atoms with Crippen molar-refractivity contribution in [3.63, 3.8) is 0 Å². The fourth-order valence-corrected chi connectivity index (χ4v) is 5.37. The van der Waals surface area contributed by atoms with Crippen molar-refractivity contribution >= 4 is 6.09 Å². The predicted octanol–water partition coefficient (Wildman–Crippen LogP) is 4.86. The van der Waals surface area contributed by atoms with Crippen LogP contribution in [0.4, 0.5) is 4.79 Å². The monoisotopic (exact) mass is 390 g/mol. The highest BCUT2D eigenvalue weighted by Crippen LogP contribution is 2.35.